The lowest BCUT2D eigenvalue weighted by Gasteiger charge is -2.49. The third-order valence-electron chi connectivity index (χ3n) is 8.59. The van der Waals surface area contributed by atoms with E-state index in [0.29, 0.717) is 0 Å². The minimum atomic E-state index is -1.93. The Morgan fingerprint density at radius 1 is 0.500 bits per heavy atom. The smallest absolute Gasteiger partial charge is 0.187 e. The average Bonchev–Trinajstić information content (AvgIpc) is 3.00. The summed E-state index contributed by atoms with van der Waals surface area (Å²) >= 11 is 0. The van der Waals surface area contributed by atoms with E-state index in [0.717, 1.165) is 0 Å². The largest absolute Gasteiger partial charge is 0.394 e. The van der Waals surface area contributed by atoms with Crippen molar-refractivity contribution in [2.24, 2.45) is 22.9 Å². The predicted octanol–water partition coefficient (Wildman–Crippen LogP) is -9.47. The fourth-order valence-electron chi connectivity index (χ4n) is 5.85. The van der Waals surface area contributed by atoms with Crippen LogP contribution < -0.4 is 22.9 Å². The summed E-state index contributed by atoms with van der Waals surface area (Å²) in [6, 6.07) is -3.14. The van der Waals surface area contributed by atoms with E-state index in [1.807, 2.05) is 0 Å². The van der Waals surface area contributed by atoms with E-state index >= 15 is 0 Å². The summed E-state index contributed by atoms with van der Waals surface area (Å²) < 4.78 is 33.9. The first-order chi connectivity index (χ1) is 20.7. The van der Waals surface area contributed by atoms with Gasteiger partial charge in [0.1, 0.15) is 79.4 Å². The number of hydrogen-bond acceptors (Lipinski definition) is 20. The topological polar surface area (TPSA) is 362 Å². The van der Waals surface area contributed by atoms with Crippen LogP contribution in [0.15, 0.2) is 0 Å². The van der Waals surface area contributed by atoms with Crippen molar-refractivity contribution in [3.05, 3.63) is 0 Å². The molecule has 0 amide bonds. The molecular weight excluding hydrogens is 600 g/mol. The summed E-state index contributed by atoms with van der Waals surface area (Å²) in [5.74, 6) is 0. The number of hydrogen-bond donors (Lipinski definition) is 14. The molecule has 0 spiro atoms. The highest BCUT2D eigenvalue weighted by molar-refractivity contribution is 5.02. The Labute approximate surface area is 251 Å². The Morgan fingerprint density at radius 2 is 1.00 bits per heavy atom. The van der Waals surface area contributed by atoms with Crippen LogP contribution in [0.2, 0.25) is 0 Å². The molecule has 4 fully saturated rings. The second kappa shape index (κ2) is 15.0. The molecule has 3 heterocycles. The molecule has 3 aliphatic heterocycles. The van der Waals surface area contributed by atoms with Crippen LogP contribution in [0.4, 0.5) is 0 Å². The molecule has 4 aliphatic rings. The highest BCUT2D eigenvalue weighted by Gasteiger charge is 2.54. The van der Waals surface area contributed by atoms with Crippen molar-refractivity contribution in [1.29, 1.82) is 0 Å². The third-order valence-corrected chi connectivity index (χ3v) is 8.59. The molecule has 44 heavy (non-hydrogen) atoms. The molecule has 0 aromatic rings. The summed E-state index contributed by atoms with van der Waals surface area (Å²) in [6.45, 7) is -1.77. The van der Waals surface area contributed by atoms with E-state index in [4.69, 9.17) is 51.4 Å². The van der Waals surface area contributed by atoms with Crippen LogP contribution >= 0.6 is 0 Å². The van der Waals surface area contributed by atoms with Gasteiger partial charge < -0.3 is 102 Å². The van der Waals surface area contributed by atoms with Crippen LogP contribution in [0.25, 0.3) is 0 Å². The Hall–Kier alpha value is -0.800. The van der Waals surface area contributed by atoms with Gasteiger partial charge in [0.05, 0.1) is 25.4 Å². The van der Waals surface area contributed by atoms with E-state index in [1.54, 1.807) is 0 Å². The zero-order chi connectivity index (χ0) is 32.6. The first-order valence-corrected chi connectivity index (χ1v) is 14.3. The highest BCUT2D eigenvalue weighted by atomic mass is 16.8. The lowest BCUT2D eigenvalue weighted by atomic mass is 9.84. The van der Waals surface area contributed by atoms with Gasteiger partial charge in [-0.3, -0.25) is 0 Å². The first kappa shape index (κ1) is 36.0. The molecule has 1 saturated carbocycles. The quantitative estimate of drug-likeness (QED) is 0.110. The van der Waals surface area contributed by atoms with Gasteiger partial charge in [-0.1, -0.05) is 0 Å². The normalized spacial score (nSPS) is 53.9. The molecule has 20 nitrogen and oxygen atoms in total. The van der Waals surface area contributed by atoms with Crippen LogP contribution in [0.5, 0.6) is 0 Å². The summed E-state index contributed by atoms with van der Waals surface area (Å²) in [5, 5.41) is 103. The second-order valence-electron chi connectivity index (χ2n) is 11.6. The van der Waals surface area contributed by atoms with Crippen molar-refractivity contribution in [2.75, 3.05) is 19.8 Å². The highest BCUT2D eigenvalue weighted by Crippen LogP contribution is 2.33. The average molecular weight is 647 g/mol. The van der Waals surface area contributed by atoms with Gasteiger partial charge in [-0.15, -0.1) is 0 Å². The van der Waals surface area contributed by atoms with Gasteiger partial charge in [-0.2, -0.15) is 0 Å². The number of ether oxygens (including phenoxy) is 6. The molecule has 258 valence electrons. The Morgan fingerprint density at radius 3 is 1.59 bits per heavy atom. The van der Waals surface area contributed by atoms with Gasteiger partial charge >= 0.3 is 0 Å². The minimum absolute atomic E-state index is 0.0319. The molecule has 0 unspecified atom stereocenters. The zero-order valence-electron chi connectivity index (χ0n) is 23.6. The van der Waals surface area contributed by atoms with Crippen molar-refractivity contribution in [3.63, 3.8) is 0 Å². The predicted molar refractivity (Wildman–Crippen MR) is 140 cm³/mol. The van der Waals surface area contributed by atoms with Crippen LogP contribution in [0, 0.1) is 0 Å². The van der Waals surface area contributed by atoms with Crippen LogP contribution in [-0.2, 0) is 28.4 Å². The third kappa shape index (κ3) is 7.05. The number of nitrogens with two attached hydrogens (primary N) is 4. The fourth-order valence-corrected chi connectivity index (χ4v) is 5.85. The van der Waals surface area contributed by atoms with Crippen molar-refractivity contribution in [2.45, 2.75) is 129 Å². The molecule has 0 aromatic carbocycles. The van der Waals surface area contributed by atoms with E-state index in [9.17, 15) is 51.1 Å². The lowest BCUT2D eigenvalue weighted by Crippen LogP contribution is -2.69. The first-order valence-electron chi connectivity index (χ1n) is 14.3. The summed E-state index contributed by atoms with van der Waals surface area (Å²) in [4.78, 5) is 0. The lowest BCUT2D eigenvalue weighted by molar-refractivity contribution is -0.371. The van der Waals surface area contributed by atoms with Gasteiger partial charge in [-0.25, -0.2) is 0 Å². The molecule has 18 N–H and O–H groups in total. The Balaban J connectivity index is 1.50. The standard InChI is InChI=1S/C24H46N4O16/c25-2-7-12(32)14(34)10(28)22(39-7)42-19-6(27)1-5(26)11(31)21(19)44-24-18(38)16(36)20(9(4-30)41-24)43-23-17(37)15(35)13(33)8(3-29)40-23/h5-24,29-38H,1-4,25-28H2/t5-,6+,7-,8-,9-,10-,11+,12-,13-,14-,15+,16-,17-,18-,19-,20-,21-,22-,23+,24+/m1/s1. The monoisotopic (exact) mass is 646 g/mol. The SMILES string of the molecule is NC[C@H]1O[C@H](O[C@H]2[C@H](O[C@@H]3O[C@H](CO)[C@@H](O[C@@H]4O[C@H](CO)[C@@H](O)[C@H](O)[C@H]4O)[C@H](O)[C@H]3O)[C@@H](O)[C@H](N)C[C@@H]2N)[C@H](N)[C@@H](O)[C@@H]1O. The van der Waals surface area contributed by atoms with Crippen molar-refractivity contribution in [1.82, 2.24) is 0 Å². The van der Waals surface area contributed by atoms with Crippen LogP contribution in [0.3, 0.4) is 0 Å². The molecule has 20 atom stereocenters. The minimum Gasteiger partial charge on any atom is -0.394 e. The second-order valence-corrected chi connectivity index (χ2v) is 11.6. The molecule has 20 heteroatoms. The van der Waals surface area contributed by atoms with E-state index < -0.39 is 136 Å². The molecule has 3 saturated heterocycles. The van der Waals surface area contributed by atoms with Crippen molar-refractivity contribution in [3.8, 4) is 0 Å². The fraction of sp³-hybridized carbons (Fsp3) is 1.00. The molecule has 1 aliphatic carbocycles. The number of aliphatic hydroxyl groups is 10. The maximum absolute atomic E-state index is 11.0. The van der Waals surface area contributed by atoms with Gasteiger partial charge in [0.25, 0.3) is 0 Å². The van der Waals surface area contributed by atoms with Gasteiger partial charge in [0.15, 0.2) is 18.9 Å². The molecular formula is C24H46N4O16. The Bertz CT molecular complexity index is 910. The van der Waals surface area contributed by atoms with Crippen molar-refractivity contribution >= 4 is 0 Å². The molecule has 0 radical (unpaired) electrons. The van der Waals surface area contributed by atoms with Crippen molar-refractivity contribution < 1.29 is 79.5 Å². The van der Waals surface area contributed by atoms with Crippen LogP contribution in [0.1, 0.15) is 6.42 Å². The van der Waals surface area contributed by atoms with Gasteiger partial charge in [-0.05, 0) is 6.42 Å². The summed E-state index contributed by atoms with van der Waals surface area (Å²) in [5.41, 5.74) is 24.0. The summed E-state index contributed by atoms with van der Waals surface area (Å²) in [7, 11) is 0. The van der Waals surface area contributed by atoms with E-state index in [2.05, 4.69) is 0 Å². The van der Waals surface area contributed by atoms with Gasteiger partial charge in [0, 0.05) is 18.6 Å². The maximum atomic E-state index is 11.0. The Kier molecular flexibility index (Phi) is 12.3. The van der Waals surface area contributed by atoms with Gasteiger partial charge in [0.2, 0.25) is 0 Å². The molecule has 4 rings (SSSR count). The number of rotatable bonds is 9. The van der Waals surface area contributed by atoms with Crippen LogP contribution in [-0.4, -0.2) is 193 Å². The maximum Gasteiger partial charge on any atom is 0.187 e. The molecule has 0 aromatic heterocycles. The van der Waals surface area contributed by atoms with E-state index in [1.165, 1.54) is 0 Å². The summed E-state index contributed by atoms with van der Waals surface area (Å²) in [6.07, 6.45) is -26.5. The number of aliphatic hydroxyl groups excluding tert-OH is 10. The molecule has 0 bridgehead atoms. The van der Waals surface area contributed by atoms with E-state index in [-0.39, 0.29) is 13.0 Å². The zero-order valence-corrected chi connectivity index (χ0v) is 23.6.